The summed E-state index contributed by atoms with van der Waals surface area (Å²) >= 11 is 0. The molecule has 0 aliphatic heterocycles. The summed E-state index contributed by atoms with van der Waals surface area (Å²) in [6.07, 6.45) is 28.3. The molecule has 1 rings (SSSR count). The van der Waals surface area contributed by atoms with Crippen molar-refractivity contribution in [3.8, 4) is 5.75 Å². The van der Waals surface area contributed by atoms with E-state index in [4.69, 9.17) is 14.2 Å². The average Bonchev–Trinajstić information content (AvgIpc) is 3.05. The molecule has 0 spiro atoms. The quantitative estimate of drug-likeness (QED) is 0.0242. The third-order valence-corrected chi connectivity index (χ3v) is 6.53. The third kappa shape index (κ3) is 22.8. The Morgan fingerprint density at radius 1 is 0.638 bits per heavy atom. The number of nitrogens with one attached hydrogen (secondary N) is 1. The Balaban J connectivity index is 1.88. The van der Waals surface area contributed by atoms with Crippen molar-refractivity contribution in [1.29, 1.82) is 0 Å². The standard InChI is InChI=1S/C36H51F4NO6/c1-2-3-4-5-6-7-8-9-10-11-12-13-14-15-16-17-18-19-22-41-32(42)20-23-44-25-27-46-28-26-45-24-21-33(43)47-36-34(39)30(37)29-31(38)35(36)40/h6-7,9-10,12-13,15-16,29H,2-5,8,11,14,17-28H2,1H3,(H,41,42)/b7-6-,10-9-,13-12-,16-15-. The predicted molar refractivity (Wildman–Crippen MR) is 175 cm³/mol. The van der Waals surface area contributed by atoms with E-state index in [0.717, 1.165) is 38.5 Å². The van der Waals surface area contributed by atoms with Crippen LogP contribution in [0.15, 0.2) is 54.7 Å². The molecule has 0 aromatic heterocycles. The van der Waals surface area contributed by atoms with Crippen molar-refractivity contribution in [2.75, 3.05) is 46.2 Å². The maximum atomic E-state index is 13.5. The van der Waals surface area contributed by atoms with Crippen LogP contribution in [0.4, 0.5) is 17.6 Å². The SMILES string of the molecule is CCCCC/C=C\C/C=C\C/C=C\C/C=C\CCCCNC(=O)CCOCCOCCOCCC(=O)Oc1c(F)c(F)cc(F)c1F. The molecule has 0 radical (unpaired) electrons. The van der Waals surface area contributed by atoms with Gasteiger partial charge >= 0.3 is 5.97 Å². The summed E-state index contributed by atoms with van der Waals surface area (Å²) in [6.45, 7) is 3.84. The van der Waals surface area contributed by atoms with Gasteiger partial charge < -0.3 is 24.3 Å². The summed E-state index contributed by atoms with van der Waals surface area (Å²) in [4.78, 5) is 23.6. The van der Waals surface area contributed by atoms with Crippen LogP contribution in [0.25, 0.3) is 0 Å². The number of amides is 1. The second-order valence-corrected chi connectivity index (χ2v) is 10.5. The molecule has 47 heavy (non-hydrogen) atoms. The first kappa shape index (κ1) is 41.7. The maximum Gasteiger partial charge on any atom is 0.313 e. The Kier molecular flexibility index (Phi) is 25.7. The largest absolute Gasteiger partial charge is 0.420 e. The smallest absolute Gasteiger partial charge is 0.313 e. The molecular formula is C36H51F4NO6. The van der Waals surface area contributed by atoms with Crippen molar-refractivity contribution in [2.45, 2.75) is 84.0 Å². The van der Waals surface area contributed by atoms with Gasteiger partial charge in [0, 0.05) is 19.0 Å². The molecular weight excluding hydrogens is 618 g/mol. The Bertz CT molecular complexity index is 1100. The number of ether oxygens (including phenoxy) is 4. The van der Waals surface area contributed by atoms with Crippen molar-refractivity contribution < 1.29 is 46.1 Å². The van der Waals surface area contributed by atoms with Gasteiger partial charge in [-0.3, -0.25) is 9.59 Å². The highest BCUT2D eigenvalue weighted by Gasteiger charge is 2.22. The van der Waals surface area contributed by atoms with Gasteiger partial charge in [0.05, 0.1) is 46.1 Å². The minimum atomic E-state index is -1.79. The van der Waals surface area contributed by atoms with Gasteiger partial charge in [0.25, 0.3) is 0 Å². The number of esters is 1. The van der Waals surface area contributed by atoms with Crippen LogP contribution < -0.4 is 10.1 Å². The summed E-state index contributed by atoms with van der Waals surface area (Å²) in [5, 5.41) is 2.88. The van der Waals surface area contributed by atoms with Crippen molar-refractivity contribution in [3.05, 3.63) is 77.9 Å². The summed E-state index contributed by atoms with van der Waals surface area (Å²) in [6, 6.07) is 0.0197. The molecule has 7 nitrogen and oxygen atoms in total. The second kappa shape index (κ2) is 28.9. The molecule has 1 N–H and O–H groups in total. The summed E-state index contributed by atoms with van der Waals surface area (Å²) in [5.41, 5.74) is 0. The van der Waals surface area contributed by atoms with E-state index >= 15 is 0 Å². The highest BCUT2D eigenvalue weighted by atomic mass is 19.2. The van der Waals surface area contributed by atoms with E-state index in [0.29, 0.717) is 6.54 Å². The van der Waals surface area contributed by atoms with Crippen LogP contribution in [-0.2, 0) is 23.8 Å². The molecule has 0 saturated carbocycles. The van der Waals surface area contributed by atoms with Crippen LogP contribution in [0.5, 0.6) is 5.75 Å². The van der Waals surface area contributed by atoms with Gasteiger partial charge in [-0.15, -0.1) is 0 Å². The van der Waals surface area contributed by atoms with E-state index in [2.05, 4.69) is 65.6 Å². The first-order chi connectivity index (χ1) is 22.9. The molecule has 1 aromatic carbocycles. The van der Waals surface area contributed by atoms with Crippen LogP contribution in [0.3, 0.4) is 0 Å². The maximum absolute atomic E-state index is 13.5. The van der Waals surface area contributed by atoms with Crippen molar-refractivity contribution in [3.63, 3.8) is 0 Å². The van der Waals surface area contributed by atoms with Crippen molar-refractivity contribution >= 4 is 11.9 Å². The molecule has 0 saturated heterocycles. The molecule has 0 bridgehead atoms. The number of rotatable bonds is 28. The molecule has 0 fully saturated rings. The number of unbranched alkanes of at least 4 members (excludes halogenated alkanes) is 5. The van der Waals surface area contributed by atoms with Crippen LogP contribution in [0.2, 0.25) is 0 Å². The van der Waals surface area contributed by atoms with Crippen molar-refractivity contribution in [2.24, 2.45) is 0 Å². The molecule has 0 heterocycles. The van der Waals surface area contributed by atoms with Gasteiger partial charge in [-0.2, -0.15) is 8.78 Å². The average molecular weight is 670 g/mol. The third-order valence-electron chi connectivity index (χ3n) is 6.53. The lowest BCUT2D eigenvalue weighted by Crippen LogP contribution is -2.25. The molecule has 1 amide bonds. The van der Waals surface area contributed by atoms with Crippen LogP contribution in [0.1, 0.15) is 84.0 Å². The lowest BCUT2D eigenvalue weighted by atomic mass is 10.2. The summed E-state index contributed by atoms with van der Waals surface area (Å²) in [5.74, 6) is -9.54. The van der Waals surface area contributed by atoms with Gasteiger partial charge in [0.15, 0.2) is 11.6 Å². The molecule has 0 aliphatic rings. The van der Waals surface area contributed by atoms with Crippen LogP contribution >= 0.6 is 0 Å². The fraction of sp³-hybridized carbons (Fsp3) is 0.556. The normalized spacial score (nSPS) is 11.9. The van der Waals surface area contributed by atoms with E-state index < -0.39 is 41.4 Å². The Hall–Kier alpha value is -3.28. The number of carbonyl (C=O) groups excluding carboxylic acids is 2. The van der Waals surface area contributed by atoms with Gasteiger partial charge in [-0.25, -0.2) is 8.78 Å². The minimum absolute atomic E-state index is 0.0197. The topological polar surface area (TPSA) is 83.1 Å². The fourth-order valence-electron chi connectivity index (χ4n) is 3.93. The number of halogens is 4. The second-order valence-electron chi connectivity index (χ2n) is 10.5. The summed E-state index contributed by atoms with van der Waals surface area (Å²) < 4.78 is 73.6. The molecule has 0 aliphatic carbocycles. The van der Waals surface area contributed by atoms with Gasteiger partial charge in [0.2, 0.25) is 23.3 Å². The Labute approximate surface area is 277 Å². The van der Waals surface area contributed by atoms with Gasteiger partial charge in [0.1, 0.15) is 0 Å². The number of allylic oxidation sites excluding steroid dienone is 8. The number of carbonyl (C=O) groups is 2. The highest BCUT2D eigenvalue weighted by molar-refractivity contribution is 5.75. The highest BCUT2D eigenvalue weighted by Crippen LogP contribution is 2.26. The first-order valence-corrected chi connectivity index (χ1v) is 16.5. The zero-order valence-electron chi connectivity index (χ0n) is 27.6. The van der Waals surface area contributed by atoms with E-state index in [1.54, 1.807) is 0 Å². The molecule has 1 aromatic rings. The lowest BCUT2D eigenvalue weighted by Gasteiger charge is -2.09. The minimum Gasteiger partial charge on any atom is -0.420 e. The predicted octanol–water partition coefficient (Wildman–Crippen LogP) is 8.24. The Morgan fingerprint density at radius 2 is 1.11 bits per heavy atom. The molecule has 11 heteroatoms. The number of hydrogen-bond donors (Lipinski definition) is 1. The van der Waals surface area contributed by atoms with Crippen molar-refractivity contribution in [1.82, 2.24) is 5.32 Å². The first-order valence-electron chi connectivity index (χ1n) is 16.5. The zero-order valence-corrected chi connectivity index (χ0v) is 27.6. The van der Waals surface area contributed by atoms with Crippen LogP contribution in [0, 0.1) is 23.3 Å². The van der Waals surface area contributed by atoms with E-state index in [1.807, 2.05) is 0 Å². The number of benzene rings is 1. The monoisotopic (exact) mass is 669 g/mol. The molecule has 0 atom stereocenters. The summed E-state index contributed by atoms with van der Waals surface area (Å²) in [7, 11) is 0. The lowest BCUT2D eigenvalue weighted by molar-refractivity contribution is -0.136. The Morgan fingerprint density at radius 3 is 1.64 bits per heavy atom. The van der Waals surface area contributed by atoms with E-state index in [9.17, 15) is 27.2 Å². The fourth-order valence-corrected chi connectivity index (χ4v) is 3.93. The number of hydrogen-bond acceptors (Lipinski definition) is 6. The van der Waals surface area contributed by atoms with E-state index in [1.165, 1.54) is 25.7 Å². The van der Waals surface area contributed by atoms with Crippen LogP contribution in [-0.4, -0.2) is 58.1 Å². The molecule has 264 valence electrons. The zero-order chi connectivity index (χ0) is 34.4. The van der Waals surface area contributed by atoms with Gasteiger partial charge in [-0.1, -0.05) is 68.4 Å². The van der Waals surface area contributed by atoms with Gasteiger partial charge in [-0.05, 0) is 51.4 Å². The van der Waals surface area contributed by atoms with E-state index in [-0.39, 0.29) is 58.0 Å². The molecule has 0 unspecified atom stereocenters.